The van der Waals surface area contributed by atoms with Gasteiger partial charge in [-0.25, -0.2) is 74.8 Å². The molecule has 0 bridgehead atoms. The molecule has 0 aliphatic carbocycles. The van der Waals surface area contributed by atoms with Gasteiger partial charge in [-0.1, -0.05) is 111 Å². The zero-order valence-electron chi connectivity index (χ0n) is 86.6. The number of thiazole rings is 13. The Kier molecular flexibility index (Phi) is 114. The summed E-state index contributed by atoms with van der Waals surface area (Å²) in [6.07, 6.45) is 33.4. The summed E-state index contributed by atoms with van der Waals surface area (Å²) in [5.74, 6) is 0. The fourth-order valence-electron chi connectivity index (χ4n) is 9.14. The number of aliphatic hydroxyl groups is 1. The molecular formula is C86H123Br7N27Na5O4S13. The van der Waals surface area contributed by atoms with Gasteiger partial charge in [-0.3, -0.25) is 14.4 Å². The van der Waals surface area contributed by atoms with Crippen molar-refractivity contribution in [1.82, 2.24) is 115 Å². The number of anilines is 3. The third-order valence-electron chi connectivity index (χ3n) is 15.2. The Hall–Kier alpha value is -0.950. The van der Waals surface area contributed by atoms with Crippen LogP contribution >= 0.6 is 259 Å². The van der Waals surface area contributed by atoms with Crippen molar-refractivity contribution in [2.24, 2.45) is 5.73 Å². The molecule has 2 saturated heterocycles. The molecule has 19 rings (SSSR count). The SMILES string of the molecule is Brc1nccs1.Brc1nccs1.Brc1nccs1.Brc1nccs1.Brc1nccs1.Brc1nccs1.Brc1nccs1.CCN(CC)CCO.CCN(CC)CCOc1nccs1.CN.CN(C)c1nccs1.CNC.COc1nccs1.C[O-].Nc1nccs1.[H-].[H-].[H-].[H-].[Na+].[Na+].[Na+].[Na+].[Na+].c1c[nH]cn1.c1ccc(CN2CCN(c3nccs3)CC2)cc1.c1ccc(CN2CCNCC2)cc1.c1cn(-c2nccs2)cn1. The molecule has 142 heavy (non-hydrogen) atoms. The molecule has 31 nitrogen and oxygen atoms in total. The van der Waals surface area contributed by atoms with E-state index >= 15 is 0 Å². The van der Waals surface area contributed by atoms with Crippen LogP contribution in [0.4, 0.5) is 15.4 Å². The Bertz CT molecular complexity index is 4630. The van der Waals surface area contributed by atoms with Gasteiger partial charge in [0, 0.05) is 268 Å². The van der Waals surface area contributed by atoms with Gasteiger partial charge in [-0.05, 0) is 170 Å². The minimum atomic E-state index is 0. The molecule has 2 aliphatic heterocycles. The van der Waals surface area contributed by atoms with E-state index in [0.717, 1.165) is 159 Å². The first kappa shape index (κ1) is 149. The first-order valence-corrected chi connectivity index (χ1v) is 58.2. The quantitative estimate of drug-likeness (QED) is 0.0447. The summed E-state index contributed by atoms with van der Waals surface area (Å²) in [5, 5.41) is 53.2. The van der Waals surface area contributed by atoms with Crippen LogP contribution in [0.15, 0.2) is 276 Å². The number of rotatable bonds is 18. The second kappa shape index (κ2) is 108. The van der Waals surface area contributed by atoms with E-state index in [0.29, 0.717) is 5.13 Å². The number of nitrogens with one attached hydrogen (secondary N) is 3. The largest absolute Gasteiger partial charge is 1.00 e. The van der Waals surface area contributed by atoms with Gasteiger partial charge in [0.25, 0.3) is 10.4 Å². The first-order valence-electron chi connectivity index (χ1n) is 41.2. The van der Waals surface area contributed by atoms with Gasteiger partial charge in [0.15, 0.2) is 47.9 Å². The zero-order valence-corrected chi connectivity index (χ0v) is 114. The van der Waals surface area contributed by atoms with Crippen molar-refractivity contribution in [2.45, 2.75) is 40.8 Å². The van der Waals surface area contributed by atoms with E-state index in [1.807, 2.05) is 120 Å². The maximum atomic E-state index is 8.46. The van der Waals surface area contributed by atoms with E-state index in [1.54, 1.807) is 226 Å². The predicted octanol–water partition coefficient (Wildman–Crippen LogP) is 7.76. The number of methoxy groups -OCH3 is 1. The van der Waals surface area contributed by atoms with Gasteiger partial charge in [0.1, 0.15) is 12.9 Å². The Morgan fingerprint density at radius 3 is 1.03 bits per heavy atom. The maximum Gasteiger partial charge on any atom is 1.00 e. The maximum absolute atomic E-state index is 8.46. The molecule has 0 amide bonds. The van der Waals surface area contributed by atoms with E-state index in [-0.39, 0.29) is 160 Å². The number of hydrogen-bond donors (Lipinski definition) is 6. The molecule has 0 atom stereocenters. The fraction of sp³-hybridized carbons (Fsp3) is 0.337. The number of piperazine rings is 2. The smallest absolute Gasteiger partial charge is 1.00 e. The summed E-state index contributed by atoms with van der Waals surface area (Å²) in [6.45, 7) is 26.7. The van der Waals surface area contributed by atoms with Crippen LogP contribution in [0.1, 0.15) is 44.5 Å². The summed E-state index contributed by atoms with van der Waals surface area (Å²) in [7, 11) is 11.6. The third kappa shape index (κ3) is 86.5. The number of likely N-dealkylation sites (N-methyl/N-ethyl adjacent to an activating group) is 2. The van der Waals surface area contributed by atoms with Crippen LogP contribution in [0.25, 0.3) is 5.13 Å². The Balaban J connectivity index is -0.000000197. The monoisotopic (exact) mass is 2680 g/mol. The number of nitrogens with two attached hydrogens (primary N) is 2. The second-order valence-corrected chi connectivity index (χ2v) is 45.1. The van der Waals surface area contributed by atoms with E-state index in [2.05, 4.69) is 320 Å². The van der Waals surface area contributed by atoms with Crippen LogP contribution in [-0.2, 0) is 13.1 Å². The van der Waals surface area contributed by atoms with Gasteiger partial charge < -0.3 is 72.1 Å². The normalized spacial score (nSPS) is 10.6. The Labute approximate surface area is 1060 Å². The summed E-state index contributed by atoms with van der Waals surface area (Å²) in [4.78, 5) is 75.3. The average Bonchev–Trinajstić information content (AvgIpc) is 1.58. The number of hydrogen-bond acceptors (Lipinski definition) is 42. The van der Waals surface area contributed by atoms with Crippen molar-refractivity contribution in [3.8, 4) is 15.5 Å². The molecule has 0 saturated carbocycles. The van der Waals surface area contributed by atoms with E-state index < -0.39 is 0 Å². The molecular weight excluding hydrogens is 2570 g/mol. The van der Waals surface area contributed by atoms with Gasteiger partial charge in [-0.2, -0.15) is 7.11 Å². The topological polar surface area (TPSA) is 371 Å². The number of imidazole rings is 2. The molecule has 2 aliphatic rings. The van der Waals surface area contributed by atoms with Gasteiger partial charge in [0.2, 0.25) is 0 Å². The molecule has 8 N–H and O–H groups in total. The van der Waals surface area contributed by atoms with E-state index in [9.17, 15) is 0 Å². The number of ether oxygens (including phenoxy) is 2. The molecule has 56 heteroatoms. The van der Waals surface area contributed by atoms with E-state index in [4.69, 9.17) is 25.4 Å². The molecule has 15 aromatic heterocycles. The minimum absolute atomic E-state index is 0. The van der Waals surface area contributed by atoms with Crippen molar-refractivity contribution in [3.05, 3.63) is 287 Å². The molecule has 17 heterocycles. The number of nitrogens with zero attached hydrogens (tertiary/aromatic N) is 22. The predicted molar refractivity (Wildman–Crippen MR) is 615 cm³/mol. The van der Waals surface area contributed by atoms with E-state index in [1.165, 1.54) is 65.3 Å². The van der Waals surface area contributed by atoms with Crippen molar-refractivity contribution >= 4 is 274 Å². The zero-order chi connectivity index (χ0) is 100. The molecule has 2 aromatic carbocycles. The van der Waals surface area contributed by atoms with Crippen LogP contribution in [0.2, 0.25) is 0 Å². The average molecular weight is 2690 g/mol. The number of H-pyrrole nitrogens is 1. The van der Waals surface area contributed by atoms with Crippen LogP contribution in [-0.4, -0.2) is 263 Å². The molecule has 2 fully saturated rings. The summed E-state index contributed by atoms with van der Waals surface area (Å²) in [5.41, 5.74) is 12.5. The first-order chi connectivity index (χ1) is 66.8. The number of benzene rings is 2. The molecule has 17 aromatic rings. The van der Waals surface area contributed by atoms with Crippen molar-refractivity contribution in [1.29, 1.82) is 0 Å². The molecule has 0 radical (unpaired) electrons. The number of aliphatic hydroxyl groups excluding tert-OH is 1. The molecule has 758 valence electrons. The van der Waals surface area contributed by atoms with Crippen molar-refractivity contribution in [3.63, 3.8) is 0 Å². The third-order valence-corrected chi connectivity index (χ3v) is 29.1. The number of nitrogen functional groups attached to an aromatic ring is 1. The van der Waals surface area contributed by atoms with Gasteiger partial charge in [0.05, 0.1) is 20.0 Å². The Morgan fingerprint density at radius 2 is 0.782 bits per heavy atom. The number of aromatic nitrogens is 17. The van der Waals surface area contributed by atoms with Gasteiger partial charge in [-0.15, -0.1) is 125 Å². The summed E-state index contributed by atoms with van der Waals surface area (Å²) >= 11 is 42.8. The van der Waals surface area contributed by atoms with Crippen molar-refractivity contribution < 1.29 is 173 Å². The fourth-order valence-corrected chi connectivity index (χ4v) is 17.9. The number of aromatic amines is 1. The summed E-state index contributed by atoms with van der Waals surface area (Å²) in [6, 6.07) is 21.4. The van der Waals surface area contributed by atoms with Crippen molar-refractivity contribution in [2.75, 3.05) is 170 Å². The summed E-state index contributed by atoms with van der Waals surface area (Å²) < 4.78 is 18.7. The Morgan fingerprint density at radius 1 is 0.430 bits per heavy atom. The minimum Gasteiger partial charge on any atom is -1.00 e. The van der Waals surface area contributed by atoms with Gasteiger partial charge >= 0.3 is 148 Å². The van der Waals surface area contributed by atoms with Crippen LogP contribution in [0.3, 0.4) is 0 Å². The number of halogens is 7. The second-order valence-electron chi connectivity index (χ2n) is 24.6. The van der Waals surface area contributed by atoms with Crippen LogP contribution in [0.5, 0.6) is 10.4 Å². The standard InChI is InChI=1S/C14H17N3S.C11H16N2.C9H16N2OS.C6H5N3S.C6H15NO.C5H8N2S.C4H5NOS.7C3H2BrNS.C3H4N2S.C3H4N2.C2H7N.CH5N.CH3O.5Na.4H/c1-2-4-13(5-3-1)12-16-7-9-17(10-8-16)14-15-6-11-18-14;1-2-4-11(5-3-1)10-13-8-6-12-7-9-13;1-3-11(4-2)6-7-12-9-10-5-8-13-9;1-3-9(5-7-1)6-8-2-4-10-6;1-3-7(4-2)5-6-8;1-7(2)5-6-3-4-8-5;1-6-4-5-2-3-7-4;8*4-3-5-1-2-6-3;1-2-5-3-4-1;1-3-2;2*1-2;;;;;;;;;/h1-6,11H,7-10,12H2;1-5,12H,6-10H2;5,8H,3-4,6-7H2,1-2H3;1-5H;8H,3-6H2,1-2H3;3-4H,1-2H3;2-3H,1H3;7*1-2H;1-2H,(H2,4,5);1-3H,(H,4,5);3H,1-2H3;2H2,1H3;1H3;;;;;;;;;/q;;;;;;;;;;;;;;;;;;-1;5*+1;4*-1. The molecule has 0 spiro atoms. The van der Waals surface area contributed by atoms with Crippen LogP contribution < -0.4 is 194 Å². The molecule has 0 unspecified atom stereocenters. The van der Waals surface area contributed by atoms with Crippen LogP contribution in [0, 0.1) is 0 Å².